The van der Waals surface area contributed by atoms with Gasteiger partial charge in [-0.15, -0.1) is 0 Å². The zero-order valence-electron chi connectivity index (χ0n) is 9.08. The van der Waals surface area contributed by atoms with E-state index in [2.05, 4.69) is 11.4 Å². The molecule has 3 heteroatoms. The Kier molecular flexibility index (Phi) is 2.49. The number of carbonyl (C=O) groups is 1. The first-order chi connectivity index (χ1) is 7.08. The summed E-state index contributed by atoms with van der Waals surface area (Å²) in [5.74, 6) is 0.0518. The maximum absolute atomic E-state index is 11.4. The molecule has 0 radical (unpaired) electrons. The summed E-state index contributed by atoms with van der Waals surface area (Å²) in [6.07, 6.45) is 0.855. The molecule has 2 unspecified atom stereocenters. The number of anilines is 1. The van der Waals surface area contributed by atoms with Crippen LogP contribution in [0.5, 0.6) is 0 Å². The summed E-state index contributed by atoms with van der Waals surface area (Å²) in [5, 5.41) is 2.86. The minimum Gasteiger partial charge on any atom is -0.328 e. The molecule has 0 spiro atoms. The molecule has 1 aromatic rings. The average Bonchev–Trinajstić information content (AvgIpc) is 2.43. The number of amides is 1. The minimum atomic E-state index is -0.0342. The van der Waals surface area contributed by atoms with Crippen LogP contribution in [0.2, 0.25) is 0 Å². The van der Waals surface area contributed by atoms with Gasteiger partial charge in [0.2, 0.25) is 5.91 Å². The average molecular weight is 204 g/mol. The highest BCUT2D eigenvalue weighted by molar-refractivity contribution is 6.02. The van der Waals surface area contributed by atoms with Gasteiger partial charge in [0.25, 0.3) is 0 Å². The topological polar surface area (TPSA) is 55.1 Å². The van der Waals surface area contributed by atoms with E-state index in [0.29, 0.717) is 0 Å². The number of hydrogen-bond acceptors (Lipinski definition) is 2. The molecule has 0 saturated heterocycles. The molecule has 3 N–H and O–H groups in total. The van der Waals surface area contributed by atoms with Crippen molar-refractivity contribution in [1.82, 2.24) is 0 Å². The molecule has 15 heavy (non-hydrogen) atoms. The van der Waals surface area contributed by atoms with Crippen LogP contribution in [-0.4, -0.2) is 11.9 Å². The molecule has 0 bridgehead atoms. The van der Waals surface area contributed by atoms with Crippen molar-refractivity contribution in [2.45, 2.75) is 32.2 Å². The van der Waals surface area contributed by atoms with E-state index in [1.807, 2.05) is 26.0 Å². The summed E-state index contributed by atoms with van der Waals surface area (Å²) >= 11 is 0. The van der Waals surface area contributed by atoms with Crippen LogP contribution in [0.25, 0.3) is 0 Å². The molecule has 2 atom stereocenters. The second-order valence-corrected chi connectivity index (χ2v) is 4.31. The Hall–Kier alpha value is -1.35. The van der Waals surface area contributed by atoms with Crippen molar-refractivity contribution in [1.29, 1.82) is 0 Å². The molecule has 0 aromatic heterocycles. The molecular weight excluding hydrogens is 188 g/mol. The third-order valence-corrected chi connectivity index (χ3v) is 2.79. The number of benzene rings is 1. The van der Waals surface area contributed by atoms with E-state index >= 15 is 0 Å². The summed E-state index contributed by atoms with van der Waals surface area (Å²) in [6, 6.07) is 6.24. The minimum absolute atomic E-state index is 0.0342. The summed E-state index contributed by atoms with van der Waals surface area (Å²) in [6.45, 7) is 3.91. The molecule has 80 valence electrons. The third-order valence-electron chi connectivity index (χ3n) is 2.79. The summed E-state index contributed by atoms with van der Waals surface area (Å²) < 4.78 is 0. The molecule has 1 aliphatic heterocycles. The van der Waals surface area contributed by atoms with Crippen molar-refractivity contribution in [3.8, 4) is 0 Å². The van der Waals surface area contributed by atoms with Crippen LogP contribution >= 0.6 is 0 Å². The normalized spacial score (nSPS) is 21.0. The molecule has 0 aliphatic carbocycles. The van der Waals surface area contributed by atoms with Crippen molar-refractivity contribution in [2.75, 3.05) is 5.32 Å². The van der Waals surface area contributed by atoms with E-state index in [1.54, 1.807) is 0 Å². The Labute approximate surface area is 89.7 Å². The van der Waals surface area contributed by atoms with Gasteiger partial charge in [0, 0.05) is 11.7 Å². The quantitative estimate of drug-likeness (QED) is 0.769. The summed E-state index contributed by atoms with van der Waals surface area (Å²) in [7, 11) is 0. The molecule has 0 saturated carbocycles. The van der Waals surface area contributed by atoms with Crippen LogP contribution in [0.4, 0.5) is 5.69 Å². The standard InChI is InChI=1S/C12H16N2O/c1-7(13)5-9-3-4-11-10(6-9)8(2)12(15)14-11/h3-4,6-8H,5,13H2,1-2H3,(H,14,15). The fourth-order valence-corrected chi connectivity index (χ4v) is 1.97. The fraction of sp³-hybridized carbons (Fsp3) is 0.417. The molecular formula is C12H16N2O. The van der Waals surface area contributed by atoms with Gasteiger partial charge in [-0.3, -0.25) is 4.79 Å². The zero-order chi connectivity index (χ0) is 11.0. The molecule has 1 aliphatic rings. The lowest BCUT2D eigenvalue weighted by molar-refractivity contribution is -0.116. The maximum atomic E-state index is 11.4. The van der Waals surface area contributed by atoms with E-state index < -0.39 is 0 Å². The van der Waals surface area contributed by atoms with Crippen LogP contribution in [0.15, 0.2) is 18.2 Å². The van der Waals surface area contributed by atoms with Gasteiger partial charge in [-0.1, -0.05) is 12.1 Å². The second-order valence-electron chi connectivity index (χ2n) is 4.31. The van der Waals surface area contributed by atoms with Gasteiger partial charge in [-0.25, -0.2) is 0 Å². The second kappa shape index (κ2) is 3.66. The van der Waals surface area contributed by atoms with Gasteiger partial charge in [-0.2, -0.15) is 0 Å². The molecule has 3 nitrogen and oxygen atoms in total. The first-order valence-electron chi connectivity index (χ1n) is 5.27. The fourth-order valence-electron chi connectivity index (χ4n) is 1.97. The van der Waals surface area contributed by atoms with Crippen LogP contribution in [0, 0.1) is 0 Å². The predicted octanol–water partition coefficient (Wildman–Crippen LogP) is 1.63. The number of rotatable bonds is 2. The van der Waals surface area contributed by atoms with Crippen molar-refractivity contribution in [3.63, 3.8) is 0 Å². The SMILES string of the molecule is CC(N)Cc1ccc2c(c1)C(C)C(=O)N2. The van der Waals surface area contributed by atoms with E-state index in [0.717, 1.165) is 17.7 Å². The summed E-state index contributed by atoms with van der Waals surface area (Å²) in [4.78, 5) is 11.4. The molecule has 1 aromatic carbocycles. The molecule has 0 fully saturated rings. The van der Waals surface area contributed by atoms with Crippen molar-refractivity contribution in [2.24, 2.45) is 5.73 Å². The highest BCUT2D eigenvalue weighted by Gasteiger charge is 2.26. The Morgan fingerprint density at radius 2 is 2.27 bits per heavy atom. The maximum Gasteiger partial charge on any atom is 0.231 e. The van der Waals surface area contributed by atoms with E-state index in [-0.39, 0.29) is 17.9 Å². The number of carbonyl (C=O) groups excluding carboxylic acids is 1. The smallest absolute Gasteiger partial charge is 0.231 e. The van der Waals surface area contributed by atoms with Gasteiger partial charge in [-0.05, 0) is 37.5 Å². The van der Waals surface area contributed by atoms with E-state index in [4.69, 9.17) is 5.73 Å². The summed E-state index contributed by atoms with van der Waals surface area (Å²) in [5.41, 5.74) is 8.99. The van der Waals surface area contributed by atoms with Gasteiger partial charge in [0.15, 0.2) is 0 Å². The molecule has 2 rings (SSSR count). The number of nitrogens with one attached hydrogen (secondary N) is 1. The number of hydrogen-bond donors (Lipinski definition) is 2. The third kappa shape index (κ3) is 1.88. The van der Waals surface area contributed by atoms with Crippen molar-refractivity contribution in [3.05, 3.63) is 29.3 Å². The number of fused-ring (bicyclic) bond motifs is 1. The van der Waals surface area contributed by atoms with Crippen LogP contribution < -0.4 is 11.1 Å². The van der Waals surface area contributed by atoms with Crippen molar-refractivity contribution >= 4 is 11.6 Å². The van der Waals surface area contributed by atoms with Crippen LogP contribution in [0.1, 0.15) is 30.9 Å². The lowest BCUT2D eigenvalue weighted by Crippen LogP contribution is -2.17. The Bertz CT molecular complexity index is 399. The van der Waals surface area contributed by atoms with Crippen LogP contribution in [-0.2, 0) is 11.2 Å². The Morgan fingerprint density at radius 3 is 2.93 bits per heavy atom. The zero-order valence-corrected chi connectivity index (χ0v) is 9.08. The van der Waals surface area contributed by atoms with Crippen LogP contribution in [0.3, 0.4) is 0 Å². The van der Waals surface area contributed by atoms with Gasteiger partial charge in [0.05, 0.1) is 5.92 Å². The Balaban J connectivity index is 2.31. The Morgan fingerprint density at radius 1 is 1.53 bits per heavy atom. The van der Waals surface area contributed by atoms with Gasteiger partial charge >= 0.3 is 0 Å². The van der Waals surface area contributed by atoms with Crippen molar-refractivity contribution < 1.29 is 4.79 Å². The number of nitrogens with two attached hydrogens (primary N) is 1. The molecule has 1 amide bonds. The monoisotopic (exact) mass is 204 g/mol. The predicted molar refractivity (Wildman–Crippen MR) is 60.8 cm³/mol. The van der Waals surface area contributed by atoms with E-state index in [1.165, 1.54) is 5.56 Å². The first-order valence-corrected chi connectivity index (χ1v) is 5.27. The van der Waals surface area contributed by atoms with E-state index in [9.17, 15) is 4.79 Å². The highest BCUT2D eigenvalue weighted by Crippen LogP contribution is 2.32. The van der Waals surface area contributed by atoms with Gasteiger partial charge < -0.3 is 11.1 Å². The molecule has 1 heterocycles. The highest BCUT2D eigenvalue weighted by atomic mass is 16.2. The lowest BCUT2D eigenvalue weighted by Gasteiger charge is -2.08. The van der Waals surface area contributed by atoms with Gasteiger partial charge in [0.1, 0.15) is 0 Å². The first kappa shape index (κ1) is 10.2. The largest absolute Gasteiger partial charge is 0.328 e. The lowest BCUT2D eigenvalue weighted by atomic mass is 9.98.